The van der Waals surface area contributed by atoms with Gasteiger partial charge in [-0.05, 0) is 36.1 Å². The minimum absolute atomic E-state index is 0.311. The molecule has 3 rings (SSSR count). The van der Waals surface area contributed by atoms with Crippen molar-refractivity contribution >= 4 is 27.0 Å². The summed E-state index contributed by atoms with van der Waals surface area (Å²) >= 11 is 1.20. The number of aryl methyl sites for hydroxylation is 1. The molecule has 0 saturated carbocycles. The number of sulfonamides is 1. The Kier molecular flexibility index (Phi) is 4.00. The maximum atomic E-state index is 12.1. The molecule has 0 spiro atoms. The SMILES string of the molecule is Cc1nccn1Cc1ccc(NS(=O)(=O)c2cccs2)cc1. The van der Waals surface area contributed by atoms with Gasteiger partial charge in [-0.3, -0.25) is 4.72 Å². The van der Waals surface area contributed by atoms with Crippen LogP contribution in [0.25, 0.3) is 0 Å². The Hall–Kier alpha value is -2.12. The number of thiophene rings is 1. The number of aromatic nitrogens is 2. The van der Waals surface area contributed by atoms with E-state index in [2.05, 4.69) is 9.71 Å². The van der Waals surface area contributed by atoms with E-state index in [-0.39, 0.29) is 0 Å². The van der Waals surface area contributed by atoms with Crippen molar-refractivity contribution in [1.82, 2.24) is 9.55 Å². The Morgan fingerprint density at radius 2 is 2.00 bits per heavy atom. The minimum atomic E-state index is -3.49. The van der Waals surface area contributed by atoms with Crippen LogP contribution in [0.15, 0.2) is 58.4 Å². The van der Waals surface area contributed by atoms with Gasteiger partial charge in [0.1, 0.15) is 10.0 Å². The number of hydrogen-bond acceptors (Lipinski definition) is 4. The van der Waals surface area contributed by atoms with E-state index < -0.39 is 10.0 Å². The summed E-state index contributed by atoms with van der Waals surface area (Å²) < 4.78 is 29.2. The van der Waals surface area contributed by atoms with Gasteiger partial charge in [0.15, 0.2) is 0 Å². The predicted molar refractivity (Wildman–Crippen MR) is 87.6 cm³/mol. The lowest BCUT2D eigenvalue weighted by Crippen LogP contribution is -2.11. The van der Waals surface area contributed by atoms with Crippen molar-refractivity contribution in [3.8, 4) is 0 Å². The third-order valence-electron chi connectivity index (χ3n) is 3.24. The second-order valence-electron chi connectivity index (χ2n) is 4.84. The van der Waals surface area contributed by atoms with Crippen molar-refractivity contribution in [2.24, 2.45) is 0 Å². The first-order valence-electron chi connectivity index (χ1n) is 6.67. The number of benzene rings is 1. The van der Waals surface area contributed by atoms with E-state index in [9.17, 15) is 8.42 Å². The molecule has 114 valence electrons. The molecule has 0 aliphatic rings. The topological polar surface area (TPSA) is 64.0 Å². The van der Waals surface area contributed by atoms with Crippen LogP contribution in [0, 0.1) is 6.92 Å². The van der Waals surface area contributed by atoms with Crippen LogP contribution in [0.4, 0.5) is 5.69 Å². The van der Waals surface area contributed by atoms with E-state index in [0.717, 1.165) is 11.4 Å². The fourth-order valence-electron chi connectivity index (χ4n) is 2.07. The molecule has 2 heterocycles. The van der Waals surface area contributed by atoms with Gasteiger partial charge in [-0.15, -0.1) is 11.3 Å². The van der Waals surface area contributed by atoms with Gasteiger partial charge in [-0.2, -0.15) is 0 Å². The number of nitrogens with zero attached hydrogens (tertiary/aromatic N) is 2. The summed E-state index contributed by atoms with van der Waals surface area (Å²) in [7, 11) is -3.49. The molecule has 1 aromatic carbocycles. The van der Waals surface area contributed by atoms with E-state index in [0.29, 0.717) is 16.4 Å². The molecular formula is C15H15N3O2S2. The smallest absolute Gasteiger partial charge is 0.271 e. The molecule has 0 amide bonds. The van der Waals surface area contributed by atoms with Crippen LogP contribution in [0.3, 0.4) is 0 Å². The van der Waals surface area contributed by atoms with Gasteiger partial charge in [0.05, 0.1) is 0 Å². The van der Waals surface area contributed by atoms with Crippen LogP contribution in [0.2, 0.25) is 0 Å². The van der Waals surface area contributed by atoms with Crippen LogP contribution in [0.5, 0.6) is 0 Å². The van der Waals surface area contributed by atoms with Crippen molar-refractivity contribution in [3.05, 3.63) is 65.6 Å². The Bertz CT molecular complexity index is 851. The fourth-order valence-corrected chi connectivity index (χ4v) is 4.12. The zero-order valence-corrected chi connectivity index (χ0v) is 13.6. The lowest BCUT2D eigenvalue weighted by atomic mass is 10.2. The Labute approximate surface area is 133 Å². The number of anilines is 1. The molecule has 0 saturated heterocycles. The molecule has 5 nitrogen and oxygen atoms in total. The molecule has 0 aliphatic heterocycles. The molecule has 1 N–H and O–H groups in total. The van der Waals surface area contributed by atoms with E-state index in [1.54, 1.807) is 35.8 Å². The average molecular weight is 333 g/mol. The normalized spacial score (nSPS) is 11.5. The van der Waals surface area contributed by atoms with Gasteiger partial charge < -0.3 is 4.57 Å². The maximum absolute atomic E-state index is 12.1. The summed E-state index contributed by atoms with van der Waals surface area (Å²) in [4.78, 5) is 4.18. The van der Waals surface area contributed by atoms with Crippen LogP contribution in [-0.4, -0.2) is 18.0 Å². The molecule has 0 unspecified atom stereocenters. The molecular weight excluding hydrogens is 318 g/mol. The highest BCUT2D eigenvalue weighted by atomic mass is 32.2. The third-order valence-corrected chi connectivity index (χ3v) is 6.02. The van der Waals surface area contributed by atoms with Crippen LogP contribution >= 0.6 is 11.3 Å². The summed E-state index contributed by atoms with van der Waals surface area (Å²) in [5, 5.41) is 1.74. The molecule has 0 bridgehead atoms. The molecule has 7 heteroatoms. The largest absolute Gasteiger partial charge is 0.331 e. The highest BCUT2D eigenvalue weighted by molar-refractivity contribution is 7.94. The highest BCUT2D eigenvalue weighted by Gasteiger charge is 2.14. The quantitative estimate of drug-likeness (QED) is 0.780. The van der Waals surface area contributed by atoms with E-state index in [1.165, 1.54) is 11.3 Å². The number of hydrogen-bond donors (Lipinski definition) is 1. The molecule has 0 radical (unpaired) electrons. The van der Waals surface area contributed by atoms with Gasteiger partial charge in [0.2, 0.25) is 0 Å². The standard InChI is InChI=1S/C15H15N3O2S2/c1-12-16-8-9-18(12)11-13-4-6-14(7-5-13)17-22(19,20)15-3-2-10-21-15/h2-10,17H,11H2,1H3. The maximum Gasteiger partial charge on any atom is 0.271 e. The first-order chi connectivity index (χ1) is 10.5. The van der Waals surface area contributed by atoms with Crippen molar-refractivity contribution in [2.75, 3.05) is 4.72 Å². The molecule has 0 atom stereocenters. The van der Waals surface area contributed by atoms with Crippen molar-refractivity contribution in [1.29, 1.82) is 0 Å². The van der Waals surface area contributed by atoms with Gasteiger partial charge in [-0.1, -0.05) is 18.2 Å². The minimum Gasteiger partial charge on any atom is -0.331 e. The molecule has 3 aromatic rings. The lowest BCUT2D eigenvalue weighted by molar-refractivity contribution is 0.603. The second-order valence-corrected chi connectivity index (χ2v) is 7.69. The summed E-state index contributed by atoms with van der Waals surface area (Å²) in [5.74, 6) is 0.947. The van der Waals surface area contributed by atoms with Gasteiger partial charge in [0, 0.05) is 24.6 Å². The van der Waals surface area contributed by atoms with Crippen LogP contribution in [0.1, 0.15) is 11.4 Å². The number of nitrogens with one attached hydrogen (secondary N) is 1. The Balaban J connectivity index is 1.73. The van der Waals surface area contributed by atoms with Gasteiger partial charge in [-0.25, -0.2) is 13.4 Å². The second kappa shape index (κ2) is 5.94. The average Bonchev–Trinajstić information content (AvgIpc) is 3.14. The van der Waals surface area contributed by atoms with Gasteiger partial charge in [0.25, 0.3) is 10.0 Å². The monoisotopic (exact) mass is 333 g/mol. The highest BCUT2D eigenvalue weighted by Crippen LogP contribution is 2.20. The van der Waals surface area contributed by atoms with E-state index >= 15 is 0 Å². The molecule has 2 aromatic heterocycles. The summed E-state index contributed by atoms with van der Waals surface area (Å²) in [5.41, 5.74) is 1.64. The van der Waals surface area contributed by atoms with Crippen molar-refractivity contribution in [2.45, 2.75) is 17.7 Å². The summed E-state index contributed by atoms with van der Waals surface area (Å²) in [6.07, 6.45) is 3.68. The summed E-state index contributed by atoms with van der Waals surface area (Å²) in [6.45, 7) is 2.66. The lowest BCUT2D eigenvalue weighted by Gasteiger charge is -2.08. The van der Waals surface area contributed by atoms with Crippen molar-refractivity contribution in [3.63, 3.8) is 0 Å². The first-order valence-corrected chi connectivity index (χ1v) is 9.04. The predicted octanol–water partition coefficient (Wildman–Crippen LogP) is 3.10. The van der Waals surface area contributed by atoms with Crippen molar-refractivity contribution < 1.29 is 8.42 Å². The van der Waals surface area contributed by atoms with Crippen LogP contribution in [-0.2, 0) is 16.6 Å². The summed E-state index contributed by atoms with van der Waals surface area (Å²) in [6, 6.07) is 10.7. The first kappa shape index (κ1) is 14.8. The zero-order chi connectivity index (χ0) is 15.6. The van der Waals surface area contributed by atoms with E-state index in [1.807, 2.05) is 29.8 Å². The number of rotatable bonds is 5. The molecule has 0 fully saturated rings. The van der Waals surface area contributed by atoms with Crippen LogP contribution < -0.4 is 4.72 Å². The molecule has 22 heavy (non-hydrogen) atoms. The Morgan fingerprint density at radius 1 is 1.23 bits per heavy atom. The fraction of sp³-hybridized carbons (Fsp3) is 0.133. The van der Waals surface area contributed by atoms with Gasteiger partial charge >= 0.3 is 0 Å². The van der Waals surface area contributed by atoms with E-state index in [4.69, 9.17) is 0 Å². The number of imidazole rings is 1. The Morgan fingerprint density at radius 3 is 2.59 bits per heavy atom. The molecule has 0 aliphatic carbocycles. The zero-order valence-electron chi connectivity index (χ0n) is 11.9. The third kappa shape index (κ3) is 3.20.